The predicted octanol–water partition coefficient (Wildman–Crippen LogP) is 3.79. The molecule has 0 aliphatic rings. The highest BCUT2D eigenvalue weighted by Crippen LogP contribution is 2.30. The molecule has 5 nitrogen and oxygen atoms in total. The van der Waals surface area contributed by atoms with Gasteiger partial charge in [-0.1, -0.05) is 15.9 Å². The second-order valence-electron chi connectivity index (χ2n) is 3.28. The number of anilines is 3. The van der Waals surface area contributed by atoms with Crippen molar-refractivity contribution in [1.82, 2.24) is 9.97 Å². The Balaban J connectivity index is 2.33. The van der Waals surface area contributed by atoms with Crippen molar-refractivity contribution >= 4 is 65.2 Å². The second-order valence-corrected chi connectivity index (χ2v) is 5.91. The molecule has 2 rings (SSSR count). The highest BCUT2D eigenvalue weighted by atomic mass is 79.9. The van der Waals surface area contributed by atoms with E-state index in [1.807, 2.05) is 18.2 Å². The molecule has 18 heavy (non-hydrogen) atoms. The van der Waals surface area contributed by atoms with Crippen molar-refractivity contribution in [2.45, 2.75) is 0 Å². The molecule has 0 unspecified atom stereocenters. The number of hydrazine groups is 1. The lowest BCUT2D eigenvalue weighted by Gasteiger charge is -2.10. The third-order valence-corrected chi connectivity index (χ3v) is 3.79. The molecule has 0 aliphatic heterocycles. The number of aromatic nitrogens is 2. The molecular weight excluding hydrogens is 430 g/mol. The number of rotatable bonds is 3. The van der Waals surface area contributed by atoms with Gasteiger partial charge in [-0.05, 0) is 50.1 Å². The summed E-state index contributed by atoms with van der Waals surface area (Å²) in [5.41, 5.74) is 3.29. The first-order valence-electron chi connectivity index (χ1n) is 4.81. The molecule has 0 radical (unpaired) electrons. The highest BCUT2D eigenvalue weighted by Gasteiger charge is 2.07. The summed E-state index contributed by atoms with van der Waals surface area (Å²) in [6.45, 7) is 0. The molecule has 0 saturated heterocycles. The smallest absolute Gasteiger partial charge is 0.239 e. The van der Waals surface area contributed by atoms with Crippen LogP contribution in [0.5, 0.6) is 0 Å². The van der Waals surface area contributed by atoms with Crippen LogP contribution in [0.1, 0.15) is 0 Å². The Kier molecular flexibility index (Phi) is 4.55. The molecule has 0 amide bonds. The number of hydrogen-bond acceptors (Lipinski definition) is 5. The van der Waals surface area contributed by atoms with Crippen LogP contribution in [0.15, 0.2) is 37.8 Å². The minimum absolute atomic E-state index is 0.342. The van der Waals surface area contributed by atoms with Crippen molar-refractivity contribution < 1.29 is 0 Å². The lowest BCUT2D eigenvalue weighted by Crippen LogP contribution is -2.11. The SMILES string of the molecule is NNc1ncc(Br)c(Nc2ccc(Br)cc2Br)n1. The van der Waals surface area contributed by atoms with Gasteiger partial charge < -0.3 is 5.32 Å². The van der Waals surface area contributed by atoms with Crippen LogP contribution >= 0.6 is 47.8 Å². The van der Waals surface area contributed by atoms with Crippen LogP contribution in [0.4, 0.5) is 17.5 Å². The average Bonchev–Trinajstić information content (AvgIpc) is 2.35. The van der Waals surface area contributed by atoms with Gasteiger partial charge in [-0.2, -0.15) is 4.98 Å². The Hall–Kier alpha value is -0.700. The molecule has 1 heterocycles. The number of nitrogen functional groups attached to an aromatic ring is 1. The molecule has 1 aromatic heterocycles. The Bertz CT molecular complexity index is 575. The molecule has 0 aliphatic carbocycles. The maximum atomic E-state index is 5.28. The normalized spacial score (nSPS) is 10.2. The lowest BCUT2D eigenvalue weighted by molar-refractivity contribution is 1.11. The molecule has 2 aromatic rings. The fourth-order valence-electron chi connectivity index (χ4n) is 1.24. The first kappa shape index (κ1) is 13.7. The summed E-state index contributed by atoms with van der Waals surface area (Å²) >= 11 is 10.2. The molecular formula is C10H8Br3N5. The largest absolute Gasteiger partial charge is 0.338 e. The van der Waals surface area contributed by atoms with Crippen molar-refractivity contribution in [3.63, 3.8) is 0 Å². The topological polar surface area (TPSA) is 75.9 Å². The van der Waals surface area contributed by atoms with E-state index in [1.54, 1.807) is 6.20 Å². The Morgan fingerprint density at radius 2 is 1.89 bits per heavy atom. The van der Waals surface area contributed by atoms with E-state index in [1.165, 1.54) is 0 Å². The van der Waals surface area contributed by atoms with Gasteiger partial charge in [0.25, 0.3) is 0 Å². The van der Waals surface area contributed by atoms with Gasteiger partial charge in [0.1, 0.15) is 5.82 Å². The van der Waals surface area contributed by atoms with Crippen molar-refractivity contribution in [1.29, 1.82) is 0 Å². The number of halogens is 3. The fourth-order valence-corrected chi connectivity index (χ4v) is 2.68. The zero-order valence-electron chi connectivity index (χ0n) is 8.92. The summed E-state index contributed by atoms with van der Waals surface area (Å²) < 4.78 is 2.66. The minimum atomic E-state index is 0.342. The van der Waals surface area contributed by atoms with Crippen LogP contribution in [0.3, 0.4) is 0 Å². The van der Waals surface area contributed by atoms with Gasteiger partial charge in [-0.15, -0.1) is 0 Å². The van der Waals surface area contributed by atoms with E-state index in [4.69, 9.17) is 5.84 Å². The van der Waals surface area contributed by atoms with Crippen molar-refractivity contribution in [2.75, 3.05) is 10.7 Å². The molecule has 0 fully saturated rings. The van der Waals surface area contributed by atoms with Crippen LogP contribution in [0.25, 0.3) is 0 Å². The van der Waals surface area contributed by atoms with Gasteiger partial charge in [0.15, 0.2) is 0 Å². The number of nitrogens with zero attached hydrogens (tertiary/aromatic N) is 2. The van der Waals surface area contributed by atoms with Crippen molar-refractivity contribution in [2.24, 2.45) is 5.84 Å². The fraction of sp³-hybridized carbons (Fsp3) is 0. The number of nitrogens with two attached hydrogens (primary N) is 1. The van der Waals surface area contributed by atoms with Gasteiger partial charge in [0.05, 0.1) is 10.2 Å². The molecule has 94 valence electrons. The Morgan fingerprint density at radius 1 is 1.11 bits per heavy atom. The van der Waals surface area contributed by atoms with Crippen molar-refractivity contribution in [3.05, 3.63) is 37.8 Å². The van der Waals surface area contributed by atoms with Crippen LogP contribution < -0.4 is 16.6 Å². The Labute approximate surface area is 129 Å². The van der Waals surface area contributed by atoms with Gasteiger partial charge in [0.2, 0.25) is 5.95 Å². The summed E-state index contributed by atoms with van der Waals surface area (Å²) in [7, 11) is 0. The first-order chi connectivity index (χ1) is 8.60. The van der Waals surface area contributed by atoms with E-state index < -0.39 is 0 Å². The number of benzene rings is 1. The molecule has 0 atom stereocenters. The molecule has 0 saturated carbocycles. The van der Waals surface area contributed by atoms with Gasteiger partial charge >= 0.3 is 0 Å². The maximum Gasteiger partial charge on any atom is 0.239 e. The van der Waals surface area contributed by atoms with E-state index in [-0.39, 0.29) is 0 Å². The summed E-state index contributed by atoms with van der Waals surface area (Å²) in [5.74, 6) is 6.25. The molecule has 8 heteroatoms. The van der Waals surface area contributed by atoms with Crippen LogP contribution in [0.2, 0.25) is 0 Å². The zero-order valence-corrected chi connectivity index (χ0v) is 13.7. The molecule has 0 bridgehead atoms. The summed E-state index contributed by atoms with van der Waals surface area (Å²) in [4.78, 5) is 8.19. The van der Waals surface area contributed by atoms with Crippen molar-refractivity contribution in [3.8, 4) is 0 Å². The monoisotopic (exact) mass is 435 g/mol. The minimum Gasteiger partial charge on any atom is -0.338 e. The van der Waals surface area contributed by atoms with Gasteiger partial charge in [0, 0.05) is 15.1 Å². The summed E-state index contributed by atoms with van der Waals surface area (Å²) in [5, 5.41) is 3.18. The average molecular weight is 438 g/mol. The molecule has 1 aromatic carbocycles. The maximum absolute atomic E-state index is 5.28. The lowest BCUT2D eigenvalue weighted by atomic mass is 10.3. The standard InChI is InChI=1S/C10H8Br3N5/c11-5-1-2-8(6(12)3-5)16-9-7(13)4-15-10(17-9)18-14/h1-4H,14H2,(H2,15,16,17,18). The van der Waals surface area contributed by atoms with Crippen LogP contribution in [-0.4, -0.2) is 9.97 Å². The molecule has 0 spiro atoms. The predicted molar refractivity (Wildman–Crippen MR) is 82.7 cm³/mol. The van der Waals surface area contributed by atoms with E-state index >= 15 is 0 Å². The third kappa shape index (κ3) is 3.19. The van der Waals surface area contributed by atoms with E-state index in [2.05, 4.69) is 68.5 Å². The second kappa shape index (κ2) is 5.96. The highest BCUT2D eigenvalue weighted by molar-refractivity contribution is 9.11. The van der Waals surface area contributed by atoms with Crippen LogP contribution in [0, 0.1) is 0 Å². The Morgan fingerprint density at radius 3 is 2.56 bits per heavy atom. The van der Waals surface area contributed by atoms with E-state index in [9.17, 15) is 0 Å². The molecule has 4 N–H and O–H groups in total. The van der Waals surface area contributed by atoms with Gasteiger partial charge in [-0.3, -0.25) is 5.43 Å². The quantitative estimate of drug-likeness (QED) is 0.503. The summed E-state index contributed by atoms with van der Waals surface area (Å²) in [6.07, 6.45) is 1.62. The third-order valence-electron chi connectivity index (χ3n) is 2.06. The summed E-state index contributed by atoms with van der Waals surface area (Å²) in [6, 6.07) is 5.81. The van der Waals surface area contributed by atoms with E-state index in [0.29, 0.717) is 11.8 Å². The van der Waals surface area contributed by atoms with E-state index in [0.717, 1.165) is 19.1 Å². The van der Waals surface area contributed by atoms with Gasteiger partial charge in [-0.25, -0.2) is 10.8 Å². The van der Waals surface area contributed by atoms with Crippen LogP contribution in [-0.2, 0) is 0 Å². The number of hydrogen-bond donors (Lipinski definition) is 3. The number of nitrogens with one attached hydrogen (secondary N) is 2. The zero-order chi connectivity index (χ0) is 13.1. The first-order valence-corrected chi connectivity index (χ1v) is 7.19.